The van der Waals surface area contributed by atoms with Crippen LogP contribution in [0.2, 0.25) is 0 Å². The second kappa shape index (κ2) is 10.3. The monoisotopic (exact) mass is 541 g/mol. The van der Waals surface area contributed by atoms with E-state index >= 15 is 0 Å². The van der Waals surface area contributed by atoms with Crippen molar-refractivity contribution in [2.24, 2.45) is 0 Å². The van der Waals surface area contributed by atoms with E-state index in [1.807, 2.05) is 0 Å². The maximum atomic E-state index is 5.31. The molecule has 0 aliphatic carbocycles. The number of rotatable bonds is 3. The molecule has 2 heterocycles. The van der Waals surface area contributed by atoms with E-state index in [0.717, 1.165) is 11.4 Å². The summed E-state index contributed by atoms with van der Waals surface area (Å²) < 4.78 is 2.06. The van der Waals surface area contributed by atoms with Gasteiger partial charge in [0.1, 0.15) is 0 Å². The minimum absolute atomic E-state index is 0.115. The Hall–Kier alpha value is -5.23. The molecule has 6 rings (SSSR count). The van der Waals surface area contributed by atoms with Crippen molar-refractivity contribution in [1.82, 2.24) is 0 Å². The van der Waals surface area contributed by atoms with E-state index in [9.17, 15) is 0 Å². The first-order valence-electron chi connectivity index (χ1n) is 14.2. The number of fused-ring (bicyclic) bond motifs is 6. The van der Waals surface area contributed by atoms with Crippen LogP contribution in [0.4, 0.5) is 11.4 Å². The van der Waals surface area contributed by atoms with Crippen LogP contribution < -0.4 is 4.90 Å². The molecule has 0 fully saturated rings. The molecular formula is C40H33N2+. The molecule has 0 radical (unpaired) electrons. The third kappa shape index (κ3) is 4.23. The summed E-state index contributed by atoms with van der Waals surface area (Å²) in [5.41, 5.74) is 6.99. The summed E-state index contributed by atoms with van der Waals surface area (Å²) in [5.74, 6) is 10.6. The molecule has 202 valence electrons. The zero-order valence-corrected chi connectivity index (χ0v) is 24.8. The van der Waals surface area contributed by atoms with Crippen molar-refractivity contribution in [3.05, 3.63) is 120 Å². The molecule has 42 heavy (non-hydrogen) atoms. The van der Waals surface area contributed by atoms with Crippen molar-refractivity contribution >= 4 is 38.6 Å². The Labute approximate surface area is 249 Å². The maximum Gasteiger partial charge on any atom is 0.243 e. The van der Waals surface area contributed by atoms with Gasteiger partial charge in [0.2, 0.25) is 17.4 Å². The second-order valence-electron chi connectivity index (χ2n) is 11.8. The zero-order chi connectivity index (χ0) is 29.5. The molecule has 0 aromatic heterocycles. The Balaban J connectivity index is 1.36. The van der Waals surface area contributed by atoms with Crippen LogP contribution in [0.1, 0.15) is 38.8 Å². The molecule has 0 saturated carbocycles. The highest BCUT2D eigenvalue weighted by Gasteiger charge is 2.46. The number of nitrogens with zero attached hydrogens (tertiary/aromatic N) is 2. The van der Waals surface area contributed by atoms with Gasteiger partial charge in [0.25, 0.3) is 0 Å². The van der Waals surface area contributed by atoms with Gasteiger partial charge in [0.05, 0.1) is 11.3 Å². The van der Waals surface area contributed by atoms with Gasteiger partial charge in [-0.2, -0.15) is 0 Å². The number of anilines is 1. The highest BCUT2D eigenvalue weighted by atomic mass is 15.2. The van der Waals surface area contributed by atoms with Crippen LogP contribution in [0.15, 0.2) is 109 Å². The topological polar surface area (TPSA) is 6.25 Å². The molecule has 0 atom stereocenters. The molecule has 4 aromatic rings. The van der Waals surface area contributed by atoms with Gasteiger partial charge in [-0.1, -0.05) is 86.7 Å². The van der Waals surface area contributed by atoms with Gasteiger partial charge in [-0.15, -0.1) is 11.0 Å². The van der Waals surface area contributed by atoms with Crippen molar-refractivity contribution in [2.75, 3.05) is 11.9 Å². The van der Waals surface area contributed by atoms with Gasteiger partial charge in [-0.3, -0.25) is 0 Å². The fraction of sp³-hybridized carbons (Fsp3) is 0.175. The van der Waals surface area contributed by atoms with Crippen LogP contribution in [-0.2, 0) is 10.8 Å². The van der Waals surface area contributed by atoms with Crippen molar-refractivity contribution in [1.29, 1.82) is 0 Å². The van der Waals surface area contributed by atoms with Gasteiger partial charge < -0.3 is 4.90 Å². The Bertz CT molecular complexity index is 2060. The van der Waals surface area contributed by atoms with Crippen molar-refractivity contribution in [3.63, 3.8) is 0 Å². The molecule has 2 heteroatoms. The lowest BCUT2D eigenvalue weighted by Crippen LogP contribution is -2.26. The van der Waals surface area contributed by atoms with E-state index in [0.29, 0.717) is 0 Å². The molecule has 2 nitrogen and oxygen atoms in total. The number of hydrogen-bond acceptors (Lipinski definition) is 1. The Morgan fingerprint density at radius 1 is 0.714 bits per heavy atom. The van der Waals surface area contributed by atoms with Crippen molar-refractivity contribution < 1.29 is 4.58 Å². The molecule has 2 aliphatic heterocycles. The van der Waals surface area contributed by atoms with E-state index in [1.165, 1.54) is 44.1 Å². The van der Waals surface area contributed by atoms with E-state index in [2.05, 4.69) is 177 Å². The summed E-state index contributed by atoms with van der Waals surface area (Å²) in [4.78, 5) is 2.32. The number of terminal acetylenes is 1. The summed E-state index contributed by atoms with van der Waals surface area (Å²) >= 11 is 0. The van der Waals surface area contributed by atoms with Crippen molar-refractivity contribution in [3.8, 4) is 36.1 Å². The summed E-state index contributed by atoms with van der Waals surface area (Å²) in [5, 5.41) is 5.06. The van der Waals surface area contributed by atoms with Crippen molar-refractivity contribution in [2.45, 2.75) is 38.5 Å². The fourth-order valence-corrected chi connectivity index (χ4v) is 6.75. The highest BCUT2D eigenvalue weighted by molar-refractivity contribution is 6.08. The quantitative estimate of drug-likeness (QED) is 0.143. The Morgan fingerprint density at radius 2 is 1.38 bits per heavy atom. The minimum atomic E-state index is -0.260. The third-order valence-electron chi connectivity index (χ3n) is 8.64. The van der Waals surface area contributed by atoms with Gasteiger partial charge in [-0.25, -0.2) is 0 Å². The number of hydrogen-bond donors (Lipinski definition) is 0. The molecule has 2 aliphatic rings. The van der Waals surface area contributed by atoms with Crippen LogP contribution >= 0.6 is 0 Å². The lowest BCUT2D eigenvalue weighted by Gasteiger charge is -2.24. The lowest BCUT2D eigenvalue weighted by atomic mass is 9.79. The van der Waals surface area contributed by atoms with Gasteiger partial charge in [0.15, 0.2) is 0 Å². The molecular weight excluding hydrogens is 508 g/mol. The first-order chi connectivity index (χ1) is 20.3. The third-order valence-corrected chi connectivity index (χ3v) is 8.64. The predicted octanol–water partition coefficient (Wildman–Crippen LogP) is 8.39. The molecule has 0 unspecified atom stereocenters. The van der Waals surface area contributed by atoms with Crippen LogP contribution in [0.5, 0.6) is 0 Å². The molecule has 0 saturated heterocycles. The van der Waals surface area contributed by atoms with Crippen LogP contribution in [-0.4, -0.2) is 17.3 Å². The van der Waals surface area contributed by atoms with Crippen LogP contribution in [0.25, 0.3) is 21.5 Å². The average molecular weight is 542 g/mol. The number of allylic oxidation sites excluding steroid dienone is 6. The van der Waals surface area contributed by atoms with E-state index < -0.39 is 0 Å². The van der Waals surface area contributed by atoms with Gasteiger partial charge in [-0.05, 0) is 71.0 Å². The smallest absolute Gasteiger partial charge is 0.243 e. The first kappa shape index (κ1) is 27.0. The number of benzene rings is 4. The molecule has 0 N–H and O–H groups in total. The highest BCUT2D eigenvalue weighted by Crippen LogP contribution is 2.50. The molecule has 4 aromatic carbocycles. The Morgan fingerprint density at radius 3 is 2.10 bits per heavy atom. The first-order valence-corrected chi connectivity index (χ1v) is 14.2. The summed E-state index contributed by atoms with van der Waals surface area (Å²) in [6.45, 7) is 9.15. The zero-order valence-electron chi connectivity index (χ0n) is 24.8. The molecule has 0 spiro atoms. The van der Waals surface area contributed by atoms with Crippen LogP contribution in [0, 0.1) is 36.1 Å². The SMILES string of the molecule is C#CC#CC#C[N+]1=C(/C=C/C=C/C=C2/N(C)c3ccc4ccccc4c3C2(C)C)C(C)(C)c2c1ccc1ccccc21. The van der Waals surface area contributed by atoms with E-state index in [4.69, 9.17) is 6.42 Å². The maximum absolute atomic E-state index is 5.31. The predicted molar refractivity (Wildman–Crippen MR) is 178 cm³/mol. The summed E-state index contributed by atoms with van der Waals surface area (Å²) in [7, 11) is 2.16. The van der Waals surface area contributed by atoms with Gasteiger partial charge >= 0.3 is 0 Å². The molecule has 0 amide bonds. The summed E-state index contributed by atoms with van der Waals surface area (Å²) in [6.07, 6.45) is 16.1. The van der Waals surface area contributed by atoms with E-state index in [1.54, 1.807) is 0 Å². The molecule has 0 bridgehead atoms. The summed E-state index contributed by atoms with van der Waals surface area (Å²) in [6, 6.07) is 29.2. The van der Waals surface area contributed by atoms with E-state index in [-0.39, 0.29) is 10.8 Å². The number of likely N-dealkylation sites (N-methyl/N-ethyl adjacent to an activating group) is 1. The Kier molecular flexibility index (Phi) is 6.62. The van der Waals surface area contributed by atoms with Crippen LogP contribution in [0.3, 0.4) is 0 Å². The standard InChI is InChI=1S/C40H33N2/c1-7-8-9-17-28-42-34-27-25-30-19-14-16-21-32(30)38(34)40(4,5)36(42)23-12-10-11-22-35-39(2,3)37-31-20-15-13-18-29(31)24-26-33(37)41(35)6/h1,10-16,18-27H,2-6H3/q+1. The fourth-order valence-electron chi connectivity index (χ4n) is 6.75. The second-order valence-corrected chi connectivity index (χ2v) is 11.8. The largest absolute Gasteiger partial charge is 0.347 e. The lowest BCUT2D eigenvalue weighted by molar-refractivity contribution is -0.332. The van der Waals surface area contributed by atoms with Gasteiger partial charge in [0, 0.05) is 47.5 Å². The normalized spacial score (nSPS) is 17.3. The average Bonchev–Trinajstić information content (AvgIpc) is 3.33. The minimum Gasteiger partial charge on any atom is -0.347 e.